The van der Waals surface area contributed by atoms with Crippen molar-refractivity contribution in [3.8, 4) is 0 Å². The molecule has 0 aromatic rings. The van der Waals surface area contributed by atoms with Crippen LogP contribution in [0.25, 0.3) is 0 Å². The number of aliphatic hydroxyl groups excluding tert-OH is 2. The minimum Gasteiger partial charge on any atom is -0.479 e. The standard InChI is InChI=1S/C24H42O5/c1-5-6-7-8-11-19(25)14-12-18-13-15-20(26)24(18,4)17-10-9-16-23(2,3)21(27)22(28)29/h12,14,18-19,21,25,27H,5-11,13,15-17H2,1-4H3,(H,28,29)/t18-,19?,21?,24+/m0/s1. The number of carboxylic acids is 1. The zero-order valence-corrected chi connectivity index (χ0v) is 18.8. The fraction of sp³-hybridized carbons (Fsp3) is 0.833. The average Bonchev–Trinajstić information content (AvgIpc) is 2.94. The molecule has 0 heterocycles. The van der Waals surface area contributed by atoms with Crippen LogP contribution in [-0.4, -0.2) is 39.3 Å². The van der Waals surface area contributed by atoms with Crippen LogP contribution >= 0.6 is 0 Å². The molecule has 3 N–H and O–H groups in total. The normalized spacial score (nSPS) is 24.9. The molecule has 1 rings (SSSR count). The molecule has 0 saturated heterocycles. The zero-order chi connectivity index (χ0) is 22.1. The highest BCUT2D eigenvalue weighted by Gasteiger charge is 2.44. The molecular weight excluding hydrogens is 368 g/mol. The largest absolute Gasteiger partial charge is 0.479 e. The van der Waals surface area contributed by atoms with Gasteiger partial charge in [0.05, 0.1) is 6.10 Å². The van der Waals surface area contributed by atoms with Crippen LogP contribution < -0.4 is 0 Å². The fourth-order valence-corrected chi connectivity index (χ4v) is 4.41. The number of aliphatic hydroxyl groups is 2. The second kappa shape index (κ2) is 11.8. The molecule has 1 saturated carbocycles. The van der Waals surface area contributed by atoms with E-state index in [2.05, 4.69) is 6.92 Å². The Morgan fingerprint density at radius 3 is 2.52 bits per heavy atom. The van der Waals surface area contributed by atoms with Gasteiger partial charge in [0.1, 0.15) is 5.78 Å². The number of aliphatic carboxylic acids is 1. The third kappa shape index (κ3) is 7.86. The van der Waals surface area contributed by atoms with E-state index in [9.17, 15) is 19.8 Å². The van der Waals surface area contributed by atoms with Gasteiger partial charge in [0.25, 0.3) is 0 Å². The monoisotopic (exact) mass is 410 g/mol. The van der Waals surface area contributed by atoms with Crippen molar-refractivity contribution in [1.82, 2.24) is 0 Å². The van der Waals surface area contributed by atoms with Crippen molar-refractivity contribution < 1.29 is 24.9 Å². The summed E-state index contributed by atoms with van der Waals surface area (Å²) in [4.78, 5) is 23.6. The molecule has 0 amide bonds. The van der Waals surface area contributed by atoms with E-state index in [0.717, 1.165) is 44.9 Å². The Hall–Kier alpha value is -1.20. The van der Waals surface area contributed by atoms with Gasteiger partial charge in [0, 0.05) is 17.3 Å². The van der Waals surface area contributed by atoms with Gasteiger partial charge in [-0.25, -0.2) is 4.79 Å². The van der Waals surface area contributed by atoms with Crippen molar-refractivity contribution in [2.24, 2.45) is 16.7 Å². The lowest BCUT2D eigenvalue weighted by Crippen LogP contribution is -2.36. The lowest BCUT2D eigenvalue weighted by atomic mass is 9.73. The van der Waals surface area contributed by atoms with Gasteiger partial charge in [-0.3, -0.25) is 4.79 Å². The minimum atomic E-state index is -1.37. The molecular formula is C24H42O5. The van der Waals surface area contributed by atoms with Gasteiger partial charge < -0.3 is 15.3 Å². The number of carbonyl (C=O) groups is 2. The predicted molar refractivity (Wildman–Crippen MR) is 116 cm³/mol. The van der Waals surface area contributed by atoms with E-state index in [1.54, 1.807) is 13.8 Å². The Balaban J connectivity index is 2.54. The molecule has 1 aliphatic carbocycles. The maximum Gasteiger partial charge on any atom is 0.333 e. The third-order valence-electron chi connectivity index (χ3n) is 6.80. The molecule has 1 aliphatic rings. The van der Waals surface area contributed by atoms with E-state index in [1.807, 2.05) is 19.1 Å². The van der Waals surface area contributed by atoms with E-state index in [-0.39, 0.29) is 11.7 Å². The second-order valence-electron chi connectivity index (χ2n) is 9.72. The van der Waals surface area contributed by atoms with Crippen LogP contribution in [0.4, 0.5) is 0 Å². The summed E-state index contributed by atoms with van der Waals surface area (Å²) < 4.78 is 0. The van der Waals surface area contributed by atoms with Crippen molar-refractivity contribution >= 4 is 11.8 Å². The highest BCUT2D eigenvalue weighted by Crippen LogP contribution is 2.45. The molecule has 0 aromatic carbocycles. The first-order valence-corrected chi connectivity index (χ1v) is 11.3. The summed E-state index contributed by atoms with van der Waals surface area (Å²) in [6.07, 6.45) is 11.8. The Morgan fingerprint density at radius 1 is 1.21 bits per heavy atom. The summed E-state index contributed by atoms with van der Waals surface area (Å²) >= 11 is 0. The summed E-state index contributed by atoms with van der Waals surface area (Å²) in [5.41, 5.74) is -1.10. The van der Waals surface area contributed by atoms with Crippen LogP contribution in [0.1, 0.15) is 98.3 Å². The highest BCUT2D eigenvalue weighted by atomic mass is 16.4. The van der Waals surface area contributed by atoms with Gasteiger partial charge in [-0.15, -0.1) is 0 Å². The first kappa shape index (κ1) is 25.8. The summed E-state index contributed by atoms with van der Waals surface area (Å²) in [5.74, 6) is -0.751. The molecule has 2 unspecified atom stereocenters. The van der Waals surface area contributed by atoms with Crippen LogP contribution in [-0.2, 0) is 9.59 Å². The molecule has 0 radical (unpaired) electrons. The van der Waals surface area contributed by atoms with Gasteiger partial charge in [0.2, 0.25) is 0 Å². The molecule has 0 spiro atoms. The first-order chi connectivity index (χ1) is 13.5. The summed E-state index contributed by atoms with van der Waals surface area (Å²) in [5, 5.41) is 29.0. The van der Waals surface area contributed by atoms with Crippen LogP contribution in [0.3, 0.4) is 0 Å². The summed E-state index contributed by atoms with van der Waals surface area (Å²) in [6.45, 7) is 7.73. The molecule has 0 bridgehead atoms. The Morgan fingerprint density at radius 2 is 1.90 bits per heavy atom. The Labute approximate surface area is 176 Å². The maximum absolute atomic E-state index is 12.6. The van der Waals surface area contributed by atoms with E-state index in [1.165, 1.54) is 12.8 Å². The van der Waals surface area contributed by atoms with E-state index in [0.29, 0.717) is 12.8 Å². The lowest BCUT2D eigenvalue weighted by Gasteiger charge is -2.30. The minimum absolute atomic E-state index is 0.151. The number of hydrogen-bond acceptors (Lipinski definition) is 4. The first-order valence-electron chi connectivity index (χ1n) is 11.3. The number of ketones is 1. The molecule has 1 fully saturated rings. The van der Waals surface area contributed by atoms with Crippen molar-refractivity contribution in [2.45, 2.75) is 111 Å². The number of carboxylic acid groups (broad SMARTS) is 1. The molecule has 29 heavy (non-hydrogen) atoms. The number of unbranched alkanes of at least 4 members (excludes halogenated alkanes) is 4. The quantitative estimate of drug-likeness (QED) is 0.280. The van der Waals surface area contributed by atoms with Gasteiger partial charge in [-0.05, 0) is 31.6 Å². The molecule has 5 heteroatoms. The van der Waals surface area contributed by atoms with Crippen molar-refractivity contribution in [2.75, 3.05) is 0 Å². The van der Waals surface area contributed by atoms with Crippen molar-refractivity contribution in [1.29, 1.82) is 0 Å². The average molecular weight is 411 g/mol. The fourth-order valence-electron chi connectivity index (χ4n) is 4.41. The molecule has 5 nitrogen and oxygen atoms in total. The summed E-state index contributed by atoms with van der Waals surface area (Å²) in [6, 6.07) is 0. The van der Waals surface area contributed by atoms with E-state index >= 15 is 0 Å². The van der Waals surface area contributed by atoms with Crippen LogP contribution in [0.15, 0.2) is 12.2 Å². The SMILES string of the molecule is CCCCCCC(O)C=C[C@H]1CCC(=O)[C@]1(C)CCCCC(C)(C)C(O)C(=O)O. The number of rotatable bonds is 14. The van der Waals surface area contributed by atoms with Crippen molar-refractivity contribution in [3.63, 3.8) is 0 Å². The van der Waals surface area contributed by atoms with Gasteiger partial charge >= 0.3 is 5.97 Å². The van der Waals surface area contributed by atoms with Gasteiger partial charge in [-0.2, -0.15) is 0 Å². The van der Waals surface area contributed by atoms with Crippen LogP contribution in [0, 0.1) is 16.7 Å². The Bertz CT molecular complexity index is 553. The third-order valence-corrected chi connectivity index (χ3v) is 6.80. The van der Waals surface area contributed by atoms with E-state index in [4.69, 9.17) is 5.11 Å². The number of allylic oxidation sites excluding steroid dienone is 1. The number of hydrogen-bond donors (Lipinski definition) is 3. The van der Waals surface area contributed by atoms with Crippen LogP contribution in [0.2, 0.25) is 0 Å². The highest BCUT2D eigenvalue weighted by molar-refractivity contribution is 5.87. The summed E-state index contributed by atoms with van der Waals surface area (Å²) in [7, 11) is 0. The Kier molecular flexibility index (Phi) is 10.6. The lowest BCUT2D eigenvalue weighted by molar-refractivity contribution is -0.153. The second-order valence-corrected chi connectivity index (χ2v) is 9.72. The smallest absolute Gasteiger partial charge is 0.333 e. The number of carbonyl (C=O) groups excluding carboxylic acids is 1. The molecule has 0 aliphatic heterocycles. The molecule has 0 aromatic heterocycles. The number of Topliss-reactive ketones (excluding diaryl/α,β-unsaturated/α-hetero) is 1. The van der Waals surface area contributed by atoms with Gasteiger partial charge in [-0.1, -0.05) is 78.4 Å². The molecule has 4 atom stereocenters. The van der Waals surface area contributed by atoms with Crippen molar-refractivity contribution in [3.05, 3.63) is 12.2 Å². The van der Waals surface area contributed by atoms with Gasteiger partial charge in [0.15, 0.2) is 6.10 Å². The van der Waals surface area contributed by atoms with Crippen LogP contribution in [0.5, 0.6) is 0 Å². The maximum atomic E-state index is 12.6. The van der Waals surface area contributed by atoms with E-state index < -0.39 is 29.0 Å². The zero-order valence-electron chi connectivity index (χ0n) is 18.8. The molecule has 168 valence electrons. The topological polar surface area (TPSA) is 94.8 Å². The predicted octanol–water partition coefficient (Wildman–Crippen LogP) is 4.89.